The maximum atomic E-state index is 9.47. The fraction of sp³-hybridized carbons (Fsp3) is 0.158. The predicted molar refractivity (Wildman–Crippen MR) is 99.5 cm³/mol. The molecule has 0 aliphatic heterocycles. The molecule has 0 unspecified atom stereocenters. The minimum atomic E-state index is 0.220. The van der Waals surface area contributed by atoms with E-state index in [9.17, 15) is 5.11 Å². The highest BCUT2D eigenvalue weighted by Crippen LogP contribution is 2.24. The van der Waals surface area contributed by atoms with Gasteiger partial charge >= 0.3 is 0 Å². The summed E-state index contributed by atoms with van der Waals surface area (Å²) in [7, 11) is 0. The second-order valence-corrected chi connectivity index (χ2v) is 6.28. The van der Waals surface area contributed by atoms with Gasteiger partial charge in [-0.15, -0.1) is 5.10 Å². The molecule has 0 saturated heterocycles. The SMILES string of the molecule is CC(C)c1cc(Nc2ccc(O)cc2)n2nc(-c3cccnc3)nc2n1. The number of rotatable bonds is 4. The first-order valence-electron chi connectivity index (χ1n) is 8.34. The van der Waals surface area contributed by atoms with E-state index >= 15 is 0 Å². The molecule has 0 aliphatic rings. The van der Waals surface area contributed by atoms with Crippen molar-refractivity contribution in [1.29, 1.82) is 0 Å². The van der Waals surface area contributed by atoms with Crippen LogP contribution in [0.2, 0.25) is 0 Å². The maximum Gasteiger partial charge on any atom is 0.254 e. The van der Waals surface area contributed by atoms with Crippen LogP contribution in [0, 0.1) is 0 Å². The molecular formula is C19H18N6O. The Morgan fingerprint density at radius 1 is 1.08 bits per heavy atom. The van der Waals surface area contributed by atoms with Gasteiger partial charge in [-0.05, 0) is 42.3 Å². The van der Waals surface area contributed by atoms with Gasteiger partial charge in [-0.25, -0.2) is 4.98 Å². The summed E-state index contributed by atoms with van der Waals surface area (Å²) in [6, 6.07) is 12.6. The van der Waals surface area contributed by atoms with Gasteiger partial charge in [0.25, 0.3) is 5.78 Å². The van der Waals surface area contributed by atoms with E-state index in [1.54, 1.807) is 41.2 Å². The monoisotopic (exact) mass is 346 g/mol. The van der Waals surface area contributed by atoms with Crippen LogP contribution in [0.1, 0.15) is 25.5 Å². The molecule has 0 bridgehead atoms. The van der Waals surface area contributed by atoms with E-state index < -0.39 is 0 Å². The summed E-state index contributed by atoms with van der Waals surface area (Å²) >= 11 is 0. The largest absolute Gasteiger partial charge is 0.508 e. The normalized spacial score (nSPS) is 11.2. The highest BCUT2D eigenvalue weighted by atomic mass is 16.3. The molecule has 3 aromatic heterocycles. The molecule has 26 heavy (non-hydrogen) atoms. The Labute approximate surface area is 150 Å². The van der Waals surface area contributed by atoms with Crippen molar-refractivity contribution in [3.05, 3.63) is 60.6 Å². The number of phenols is 1. The van der Waals surface area contributed by atoms with Gasteiger partial charge in [-0.3, -0.25) is 4.98 Å². The Balaban J connectivity index is 1.83. The summed E-state index contributed by atoms with van der Waals surface area (Å²) in [4.78, 5) is 13.3. The molecule has 4 aromatic rings. The van der Waals surface area contributed by atoms with Crippen LogP contribution >= 0.6 is 0 Å². The van der Waals surface area contributed by atoms with Crippen molar-refractivity contribution in [1.82, 2.24) is 24.6 Å². The van der Waals surface area contributed by atoms with Crippen LogP contribution in [0.5, 0.6) is 5.75 Å². The van der Waals surface area contributed by atoms with Crippen LogP contribution in [-0.4, -0.2) is 29.7 Å². The number of aromatic nitrogens is 5. The molecular weight excluding hydrogens is 328 g/mol. The number of benzene rings is 1. The zero-order chi connectivity index (χ0) is 18.1. The Morgan fingerprint density at radius 2 is 1.88 bits per heavy atom. The fourth-order valence-corrected chi connectivity index (χ4v) is 2.58. The molecule has 0 fully saturated rings. The Bertz CT molecular complexity index is 1040. The highest BCUT2D eigenvalue weighted by molar-refractivity contribution is 5.62. The molecule has 4 rings (SSSR count). The van der Waals surface area contributed by atoms with Crippen LogP contribution in [-0.2, 0) is 0 Å². The number of nitrogens with zero attached hydrogens (tertiary/aromatic N) is 5. The quantitative estimate of drug-likeness (QED) is 0.547. The van der Waals surface area contributed by atoms with Crippen LogP contribution in [0.4, 0.5) is 11.5 Å². The van der Waals surface area contributed by atoms with Gasteiger partial charge in [0.1, 0.15) is 11.6 Å². The average molecular weight is 346 g/mol. The summed E-state index contributed by atoms with van der Waals surface area (Å²) in [5, 5.41) is 17.4. The summed E-state index contributed by atoms with van der Waals surface area (Å²) in [6.45, 7) is 4.17. The first-order valence-corrected chi connectivity index (χ1v) is 8.34. The number of aromatic hydroxyl groups is 1. The van der Waals surface area contributed by atoms with E-state index in [0.29, 0.717) is 11.6 Å². The average Bonchev–Trinajstić information content (AvgIpc) is 3.09. The third-order valence-corrected chi connectivity index (χ3v) is 3.98. The zero-order valence-electron chi connectivity index (χ0n) is 14.5. The lowest BCUT2D eigenvalue weighted by Crippen LogP contribution is -2.05. The van der Waals surface area contributed by atoms with Crippen molar-refractivity contribution >= 4 is 17.3 Å². The smallest absolute Gasteiger partial charge is 0.254 e. The topological polar surface area (TPSA) is 88.2 Å². The van der Waals surface area contributed by atoms with Gasteiger partial charge in [0.2, 0.25) is 0 Å². The molecule has 1 aromatic carbocycles. The second-order valence-electron chi connectivity index (χ2n) is 6.28. The van der Waals surface area contributed by atoms with Crippen molar-refractivity contribution in [3.8, 4) is 17.1 Å². The predicted octanol–water partition coefficient (Wildman–Crippen LogP) is 3.76. The van der Waals surface area contributed by atoms with Crippen molar-refractivity contribution in [2.45, 2.75) is 19.8 Å². The second kappa shape index (κ2) is 6.44. The van der Waals surface area contributed by atoms with Gasteiger partial charge < -0.3 is 10.4 Å². The Morgan fingerprint density at radius 3 is 2.58 bits per heavy atom. The highest BCUT2D eigenvalue weighted by Gasteiger charge is 2.14. The summed E-state index contributed by atoms with van der Waals surface area (Å²) < 4.78 is 1.68. The molecule has 2 N–H and O–H groups in total. The maximum absolute atomic E-state index is 9.47. The van der Waals surface area contributed by atoms with Gasteiger partial charge in [0.15, 0.2) is 5.82 Å². The van der Waals surface area contributed by atoms with E-state index in [1.165, 1.54) is 0 Å². The minimum absolute atomic E-state index is 0.220. The lowest BCUT2D eigenvalue weighted by molar-refractivity contribution is 0.475. The molecule has 0 amide bonds. The number of pyridine rings is 1. The standard InChI is InChI=1S/C19H18N6O/c1-12(2)16-10-17(21-14-5-7-15(26)8-6-14)25-19(22-16)23-18(24-25)13-4-3-9-20-11-13/h3-12,21,26H,1-2H3. The molecule has 7 nitrogen and oxygen atoms in total. The number of hydrogen-bond donors (Lipinski definition) is 2. The lowest BCUT2D eigenvalue weighted by atomic mass is 10.1. The molecule has 3 heterocycles. The molecule has 0 saturated carbocycles. The van der Waals surface area contributed by atoms with Gasteiger partial charge in [-0.1, -0.05) is 13.8 Å². The molecule has 0 radical (unpaired) electrons. The first kappa shape index (κ1) is 16.0. The summed E-state index contributed by atoms with van der Waals surface area (Å²) in [5.41, 5.74) is 2.59. The number of phenolic OH excluding ortho intramolecular Hbond substituents is 1. The Kier molecular flexibility index (Phi) is 3.96. The van der Waals surface area contributed by atoms with E-state index in [-0.39, 0.29) is 11.7 Å². The molecule has 7 heteroatoms. The van der Waals surface area contributed by atoms with Crippen LogP contribution in [0.3, 0.4) is 0 Å². The van der Waals surface area contributed by atoms with E-state index in [4.69, 9.17) is 0 Å². The number of anilines is 2. The Hall–Kier alpha value is -3.48. The van der Waals surface area contributed by atoms with E-state index in [2.05, 4.69) is 39.2 Å². The third kappa shape index (κ3) is 3.06. The lowest BCUT2D eigenvalue weighted by Gasteiger charge is -2.11. The van der Waals surface area contributed by atoms with Gasteiger partial charge in [0.05, 0.1) is 5.69 Å². The van der Waals surface area contributed by atoms with Crippen LogP contribution in [0.15, 0.2) is 54.9 Å². The van der Waals surface area contributed by atoms with Gasteiger partial charge in [-0.2, -0.15) is 9.50 Å². The van der Waals surface area contributed by atoms with Crippen LogP contribution < -0.4 is 5.32 Å². The van der Waals surface area contributed by atoms with Crippen molar-refractivity contribution < 1.29 is 5.11 Å². The zero-order valence-corrected chi connectivity index (χ0v) is 14.5. The van der Waals surface area contributed by atoms with Crippen molar-refractivity contribution in [2.24, 2.45) is 0 Å². The number of nitrogens with one attached hydrogen (secondary N) is 1. The number of fused-ring (bicyclic) bond motifs is 1. The molecule has 130 valence electrons. The summed E-state index contributed by atoms with van der Waals surface area (Å²) in [6.07, 6.45) is 3.44. The third-order valence-electron chi connectivity index (χ3n) is 3.98. The first-order chi connectivity index (χ1) is 12.6. The van der Waals surface area contributed by atoms with Crippen molar-refractivity contribution in [2.75, 3.05) is 5.32 Å². The number of hydrogen-bond acceptors (Lipinski definition) is 6. The molecule has 0 spiro atoms. The fourth-order valence-electron chi connectivity index (χ4n) is 2.58. The van der Waals surface area contributed by atoms with E-state index in [1.807, 2.05) is 18.2 Å². The minimum Gasteiger partial charge on any atom is -0.508 e. The van der Waals surface area contributed by atoms with E-state index in [0.717, 1.165) is 22.8 Å². The summed E-state index contributed by atoms with van der Waals surface area (Å²) in [5.74, 6) is 2.32. The molecule has 0 aliphatic carbocycles. The van der Waals surface area contributed by atoms with Crippen molar-refractivity contribution in [3.63, 3.8) is 0 Å². The molecule has 0 atom stereocenters. The van der Waals surface area contributed by atoms with Crippen LogP contribution in [0.25, 0.3) is 17.2 Å². The van der Waals surface area contributed by atoms with Gasteiger partial charge in [0, 0.05) is 29.7 Å².